The van der Waals surface area contributed by atoms with Gasteiger partial charge in [-0.25, -0.2) is 0 Å². The topological polar surface area (TPSA) is 47.3 Å². The van der Waals surface area contributed by atoms with E-state index in [1.807, 2.05) is 14.0 Å². The summed E-state index contributed by atoms with van der Waals surface area (Å²) in [5.74, 6) is 0.0535. The van der Waals surface area contributed by atoms with E-state index in [1.165, 1.54) is 0 Å². The fraction of sp³-hybridized carbons (Fsp3) is 0.900. The normalized spacial score (nSPS) is 30.4. The lowest BCUT2D eigenvalue weighted by atomic mass is 10.1. The van der Waals surface area contributed by atoms with E-state index in [1.54, 1.807) is 0 Å². The molecule has 1 aliphatic rings. The third-order valence-corrected chi connectivity index (χ3v) is 2.79. The van der Waals surface area contributed by atoms with Gasteiger partial charge in [0.25, 0.3) is 0 Å². The number of nitriles is 1. The quantitative estimate of drug-likeness (QED) is 0.708. The number of aliphatic hydroxyl groups excluding tert-OH is 1. The second-order valence-corrected chi connectivity index (χ2v) is 4.04. The summed E-state index contributed by atoms with van der Waals surface area (Å²) < 4.78 is 0. The Balaban J connectivity index is 2.39. The van der Waals surface area contributed by atoms with Crippen LogP contribution in [0.5, 0.6) is 0 Å². The van der Waals surface area contributed by atoms with Gasteiger partial charge in [0.2, 0.25) is 0 Å². The van der Waals surface area contributed by atoms with Crippen LogP contribution in [-0.2, 0) is 0 Å². The average Bonchev–Trinajstić information content (AvgIpc) is 2.51. The highest BCUT2D eigenvalue weighted by molar-refractivity contribution is 4.87. The molecule has 0 amide bonds. The van der Waals surface area contributed by atoms with E-state index in [9.17, 15) is 5.11 Å². The smallest absolute Gasteiger partial charge is 0.0695 e. The zero-order valence-corrected chi connectivity index (χ0v) is 8.40. The van der Waals surface area contributed by atoms with Crippen molar-refractivity contribution >= 4 is 0 Å². The summed E-state index contributed by atoms with van der Waals surface area (Å²) in [4.78, 5) is 2.12. The molecule has 3 unspecified atom stereocenters. The van der Waals surface area contributed by atoms with Crippen LogP contribution in [0.15, 0.2) is 0 Å². The molecule has 0 radical (unpaired) electrons. The zero-order valence-electron chi connectivity index (χ0n) is 8.40. The lowest BCUT2D eigenvalue weighted by Gasteiger charge is -2.27. The van der Waals surface area contributed by atoms with E-state index in [0.29, 0.717) is 0 Å². The van der Waals surface area contributed by atoms with Gasteiger partial charge in [-0.05, 0) is 33.2 Å². The lowest BCUT2D eigenvalue weighted by molar-refractivity contribution is 0.0824. The van der Waals surface area contributed by atoms with E-state index in [4.69, 9.17) is 5.26 Å². The summed E-state index contributed by atoms with van der Waals surface area (Å²) in [5, 5.41) is 18.3. The Bertz CT molecular complexity index is 200. The van der Waals surface area contributed by atoms with Gasteiger partial charge in [0, 0.05) is 12.6 Å². The summed E-state index contributed by atoms with van der Waals surface area (Å²) in [5.41, 5.74) is 0. The molecule has 0 aromatic heterocycles. The molecule has 1 aliphatic carbocycles. The molecule has 3 heteroatoms. The predicted molar refractivity (Wildman–Crippen MR) is 51.1 cm³/mol. The van der Waals surface area contributed by atoms with Gasteiger partial charge in [0.15, 0.2) is 0 Å². The van der Waals surface area contributed by atoms with E-state index < -0.39 is 0 Å². The van der Waals surface area contributed by atoms with Crippen LogP contribution in [-0.4, -0.2) is 35.7 Å². The molecule has 74 valence electrons. The first-order valence-corrected chi connectivity index (χ1v) is 4.93. The van der Waals surface area contributed by atoms with E-state index in [0.717, 1.165) is 25.8 Å². The second-order valence-electron chi connectivity index (χ2n) is 4.04. The van der Waals surface area contributed by atoms with Gasteiger partial charge in [0.05, 0.1) is 18.1 Å². The Morgan fingerprint density at radius 3 is 2.77 bits per heavy atom. The minimum atomic E-state index is -0.184. The number of hydrogen-bond donors (Lipinski definition) is 1. The van der Waals surface area contributed by atoms with E-state index in [-0.39, 0.29) is 18.1 Å². The molecule has 0 aromatic rings. The Morgan fingerprint density at radius 2 is 2.31 bits per heavy atom. The molecule has 0 spiro atoms. The Labute approximate surface area is 80.0 Å². The van der Waals surface area contributed by atoms with Gasteiger partial charge < -0.3 is 5.11 Å². The maximum atomic E-state index is 9.62. The van der Waals surface area contributed by atoms with Gasteiger partial charge in [-0.1, -0.05) is 0 Å². The predicted octanol–water partition coefficient (Wildman–Crippen LogP) is 0.991. The van der Waals surface area contributed by atoms with Crippen molar-refractivity contribution in [1.82, 2.24) is 4.90 Å². The molecule has 1 saturated carbocycles. The number of aliphatic hydroxyl groups is 1. The number of likely N-dealkylation sites (N-methyl/N-ethyl adjacent to an activating group) is 1. The van der Waals surface area contributed by atoms with Crippen molar-refractivity contribution < 1.29 is 5.11 Å². The highest BCUT2D eigenvalue weighted by atomic mass is 16.3. The van der Waals surface area contributed by atoms with Crippen LogP contribution in [0.25, 0.3) is 0 Å². The fourth-order valence-electron chi connectivity index (χ4n) is 2.04. The van der Waals surface area contributed by atoms with Gasteiger partial charge in [-0.2, -0.15) is 5.26 Å². The maximum Gasteiger partial charge on any atom is 0.0695 e. The monoisotopic (exact) mass is 182 g/mol. The van der Waals surface area contributed by atoms with Crippen molar-refractivity contribution in [1.29, 1.82) is 5.26 Å². The molecule has 1 N–H and O–H groups in total. The van der Waals surface area contributed by atoms with Crippen molar-refractivity contribution in [2.24, 2.45) is 5.92 Å². The minimum absolute atomic E-state index is 0.0535. The van der Waals surface area contributed by atoms with Crippen LogP contribution in [0.1, 0.15) is 26.2 Å². The summed E-state index contributed by atoms with van der Waals surface area (Å²) in [6.07, 6.45) is 2.90. The Morgan fingerprint density at radius 1 is 1.62 bits per heavy atom. The SMILES string of the molecule is CC(C#N)CN(C)C1CCCC1O. The van der Waals surface area contributed by atoms with Gasteiger partial charge in [0.1, 0.15) is 0 Å². The van der Waals surface area contributed by atoms with Gasteiger partial charge in [-0.3, -0.25) is 4.90 Å². The third kappa shape index (κ3) is 2.68. The molecule has 0 saturated heterocycles. The second kappa shape index (κ2) is 4.59. The Kier molecular flexibility index (Phi) is 3.71. The molecule has 1 fully saturated rings. The summed E-state index contributed by atoms with van der Waals surface area (Å²) in [6, 6.07) is 2.48. The Hall–Kier alpha value is -0.590. The molecule has 13 heavy (non-hydrogen) atoms. The third-order valence-electron chi connectivity index (χ3n) is 2.79. The molecule has 3 atom stereocenters. The van der Waals surface area contributed by atoms with Crippen molar-refractivity contribution in [2.45, 2.75) is 38.3 Å². The summed E-state index contributed by atoms with van der Waals surface area (Å²) >= 11 is 0. The maximum absolute atomic E-state index is 9.62. The van der Waals surface area contributed by atoms with Crippen LogP contribution in [0.2, 0.25) is 0 Å². The molecule has 3 nitrogen and oxygen atoms in total. The van der Waals surface area contributed by atoms with Crippen molar-refractivity contribution in [3.8, 4) is 6.07 Å². The first-order valence-electron chi connectivity index (χ1n) is 4.93. The molecule has 0 aliphatic heterocycles. The van der Waals surface area contributed by atoms with Crippen LogP contribution >= 0.6 is 0 Å². The van der Waals surface area contributed by atoms with Crippen LogP contribution in [0.3, 0.4) is 0 Å². The van der Waals surface area contributed by atoms with Gasteiger partial charge in [-0.15, -0.1) is 0 Å². The highest BCUT2D eigenvalue weighted by Crippen LogP contribution is 2.23. The van der Waals surface area contributed by atoms with Crippen LogP contribution in [0, 0.1) is 17.2 Å². The summed E-state index contributed by atoms with van der Waals surface area (Å²) in [7, 11) is 1.99. The van der Waals surface area contributed by atoms with Crippen molar-refractivity contribution in [2.75, 3.05) is 13.6 Å². The first kappa shape index (κ1) is 10.5. The molecule has 0 bridgehead atoms. The number of hydrogen-bond acceptors (Lipinski definition) is 3. The van der Waals surface area contributed by atoms with Gasteiger partial charge >= 0.3 is 0 Å². The fourth-order valence-corrected chi connectivity index (χ4v) is 2.04. The minimum Gasteiger partial charge on any atom is -0.391 e. The van der Waals surface area contributed by atoms with Crippen molar-refractivity contribution in [3.05, 3.63) is 0 Å². The standard InChI is InChI=1S/C10H18N2O/c1-8(6-11)7-12(2)9-4-3-5-10(9)13/h8-10,13H,3-5,7H2,1-2H3. The number of rotatable bonds is 3. The summed E-state index contributed by atoms with van der Waals surface area (Å²) in [6.45, 7) is 2.68. The highest BCUT2D eigenvalue weighted by Gasteiger charge is 2.28. The lowest BCUT2D eigenvalue weighted by Crippen LogP contribution is -2.39. The largest absolute Gasteiger partial charge is 0.391 e. The molecule has 1 rings (SSSR count). The van der Waals surface area contributed by atoms with Crippen LogP contribution in [0.4, 0.5) is 0 Å². The molecular formula is C10H18N2O. The number of nitrogens with zero attached hydrogens (tertiary/aromatic N) is 2. The van der Waals surface area contributed by atoms with Crippen molar-refractivity contribution in [3.63, 3.8) is 0 Å². The van der Waals surface area contributed by atoms with Crippen LogP contribution < -0.4 is 0 Å². The molecule has 0 aromatic carbocycles. The van der Waals surface area contributed by atoms with E-state index in [2.05, 4.69) is 11.0 Å². The first-order chi connectivity index (χ1) is 6.15. The molecule has 0 heterocycles. The van der Waals surface area contributed by atoms with E-state index >= 15 is 0 Å². The average molecular weight is 182 g/mol. The zero-order chi connectivity index (χ0) is 9.84. The molecular weight excluding hydrogens is 164 g/mol.